The third-order valence-corrected chi connectivity index (χ3v) is 4.57. The smallest absolute Gasteiger partial charge is 0.188 e. The van der Waals surface area contributed by atoms with E-state index in [0.717, 1.165) is 37.8 Å². The number of nitrogens with zero attached hydrogens (tertiary/aromatic N) is 4. The van der Waals surface area contributed by atoms with Gasteiger partial charge in [-0.2, -0.15) is 0 Å². The van der Waals surface area contributed by atoms with Gasteiger partial charge < -0.3 is 14.6 Å². The Morgan fingerprint density at radius 3 is 2.84 bits per heavy atom. The van der Waals surface area contributed by atoms with Gasteiger partial charge in [0.1, 0.15) is 22.5 Å². The molecule has 25 heavy (non-hydrogen) atoms. The van der Waals surface area contributed by atoms with Crippen LogP contribution in [0.25, 0.3) is 21.3 Å². The van der Waals surface area contributed by atoms with Crippen molar-refractivity contribution < 1.29 is 4.74 Å². The number of ether oxygens (including phenoxy) is 1. The molecule has 8 heteroatoms. The van der Waals surface area contributed by atoms with Crippen molar-refractivity contribution >= 4 is 55.8 Å². The molecule has 0 aliphatic rings. The summed E-state index contributed by atoms with van der Waals surface area (Å²) in [5.74, 6) is 0.766. The van der Waals surface area contributed by atoms with E-state index in [0.29, 0.717) is 0 Å². The van der Waals surface area contributed by atoms with Gasteiger partial charge in [0, 0.05) is 19.3 Å². The molecule has 0 atom stereocenters. The number of fused-ring (bicyclic) bond motifs is 3. The average Bonchev–Trinajstić information content (AvgIpc) is 3.12. The normalized spacial score (nSPS) is 11.0. The van der Waals surface area contributed by atoms with E-state index in [-0.39, 0.29) is 18.5 Å². The van der Waals surface area contributed by atoms with E-state index in [4.69, 9.17) is 9.72 Å². The zero-order chi connectivity index (χ0) is 16.7. The highest BCUT2D eigenvalue weighted by molar-refractivity contribution is 7.22. The van der Waals surface area contributed by atoms with Gasteiger partial charge in [-0.3, -0.25) is 4.98 Å². The molecule has 1 aromatic carbocycles. The number of hydrogen-bond donors (Lipinski definition) is 1. The lowest BCUT2D eigenvalue weighted by Crippen LogP contribution is -2.07. The van der Waals surface area contributed by atoms with Crippen LogP contribution in [0.5, 0.6) is 5.75 Å². The van der Waals surface area contributed by atoms with Crippen LogP contribution in [-0.2, 0) is 7.05 Å². The molecule has 4 rings (SSSR count). The predicted octanol–water partition coefficient (Wildman–Crippen LogP) is 4.53. The Labute approximate surface area is 155 Å². The van der Waals surface area contributed by atoms with E-state index in [2.05, 4.69) is 27.4 Å². The summed E-state index contributed by atoms with van der Waals surface area (Å²) in [6.07, 6.45) is 5.38. The minimum Gasteiger partial charge on any atom is -0.489 e. The summed E-state index contributed by atoms with van der Waals surface area (Å²) < 4.78 is 8.92. The third-order valence-electron chi connectivity index (χ3n) is 3.64. The summed E-state index contributed by atoms with van der Waals surface area (Å²) in [6.45, 7) is 4.00. The number of aromatic nitrogens is 4. The fourth-order valence-electron chi connectivity index (χ4n) is 2.59. The largest absolute Gasteiger partial charge is 0.489 e. The van der Waals surface area contributed by atoms with Crippen LogP contribution < -0.4 is 10.1 Å². The Kier molecular flexibility index (Phi) is 4.78. The summed E-state index contributed by atoms with van der Waals surface area (Å²) in [4.78, 5) is 13.4. The SMILES string of the molecule is CC(C)Oc1ccncc1Nc1nc2c(ccc3c2ncn3C)s1.Cl. The fraction of sp³-hybridized carbons (Fsp3) is 0.235. The highest BCUT2D eigenvalue weighted by Crippen LogP contribution is 2.34. The van der Waals surface area contributed by atoms with E-state index < -0.39 is 0 Å². The zero-order valence-electron chi connectivity index (χ0n) is 14.1. The number of benzene rings is 1. The molecule has 130 valence electrons. The van der Waals surface area contributed by atoms with Gasteiger partial charge in [-0.1, -0.05) is 11.3 Å². The van der Waals surface area contributed by atoms with Crippen LogP contribution in [0.4, 0.5) is 10.8 Å². The van der Waals surface area contributed by atoms with Gasteiger partial charge in [0.25, 0.3) is 0 Å². The standard InChI is InChI=1S/C17H17N5OS.ClH/c1-10(2)23-13-6-7-18-8-11(13)20-17-21-16-14(24-17)5-4-12-15(16)19-9-22(12)3;/h4-10H,1-3H3,(H,20,21);1H. The monoisotopic (exact) mass is 375 g/mol. The van der Waals surface area contributed by atoms with Crippen LogP contribution in [-0.4, -0.2) is 25.6 Å². The number of nitrogens with one attached hydrogen (secondary N) is 1. The molecule has 6 nitrogen and oxygen atoms in total. The molecule has 0 bridgehead atoms. The minimum atomic E-state index is 0. The predicted molar refractivity (Wildman–Crippen MR) is 104 cm³/mol. The van der Waals surface area contributed by atoms with Crippen molar-refractivity contribution in [3.05, 3.63) is 36.9 Å². The number of imidazole rings is 1. The van der Waals surface area contributed by atoms with Gasteiger partial charge in [-0.15, -0.1) is 12.4 Å². The van der Waals surface area contributed by atoms with Gasteiger partial charge in [0.2, 0.25) is 0 Å². The molecular weight excluding hydrogens is 358 g/mol. The molecular formula is C17H18ClN5OS. The van der Waals surface area contributed by atoms with Crippen molar-refractivity contribution in [1.82, 2.24) is 19.5 Å². The summed E-state index contributed by atoms with van der Waals surface area (Å²) in [5, 5.41) is 4.12. The van der Waals surface area contributed by atoms with Crippen molar-refractivity contribution in [2.45, 2.75) is 20.0 Å². The van der Waals surface area contributed by atoms with Crippen LogP contribution in [0, 0.1) is 0 Å². The maximum Gasteiger partial charge on any atom is 0.188 e. The number of hydrogen-bond acceptors (Lipinski definition) is 6. The molecule has 0 aliphatic heterocycles. The number of aryl methyl sites for hydroxylation is 1. The van der Waals surface area contributed by atoms with Crippen LogP contribution in [0.3, 0.4) is 0 Å². The Morgan fingerprint density at radius 1 is 1.20 bits per heavy atom. The molecule has 3 heterocycles. The van der Waals surface area contributed by atoms with Crippen LogP contribution in [0.1, 0.15) is 13.8 Å². The highest BCUT2D eigenvalue weighted by atomic mass is 35.5. The Hall–Kier alpha value is -2.38. The van der Waals surface area contributed by atoms with Crippen LogP contribution in [0.15, 0.2) is 36.9 Å². The maximum absolute atomic E-state index is 5.82. The lowest BCUT2D eigenvalue weighted by molar-refractivity contribution is 0.243. The molecule has 0 saturated carbocycles. The highest BCUT2D eigenvalue weighted by Gasteiger charge is 2.12. The van der Waals surface area contributed by atoms with Crippen molar-refractivity contribution in [1.29, 1.82) is 0 Å². The third kappa shape index (κ3) is 3.25. The quantitative estimate of drug-likeness (QED) is 0.567. The maximum atomic E-state index is 5.82. The minimum absolute atomic E-state index is 0. The molecule has 0 amide bonds. The van der Waals surface area contributed by atoms with Gasteiger partial charge in [0.05, 0.1) is 28.8 Å². The second-order valence-corrected chi connectivity index (χ2v) is 6.85. The van der Waals surface area contributed by atoms with E-state index in [1.807, 2.05) is 37.9 Å². The second-order valence-electron chi connectivity index (χ2n) is 5.82. The first-order chi connectivity index (χ1) is 11.6. The molecule has 1 N–H and O–H groups in total. The summed E-state index contributed by atoms with van der Waals surface area (Å²) in [6, 6.07) is 6.01. The van der Waals surface area contributed by atoms with E-state index >= 15 is 0 Å². The number of thiazole rings is 1. The molecule has 0 unspecified atom stereocenters. The van der Waals surface area contributed by atoms with Gasteiger partial charge >= 0.3 is 0 Å². The number of halogens is 1. The van der Waals surface area contributed by atoms with Crippen LogP contribution in [0.2, 0.25) is 0 Å². The first kappa shape index (κ1) is 17.4. The van der Waals surface area contributed by atoms with E-state index in [1.54, 1.807) is 23.7 Å². The molecule has 0 spiro atoms. The van der Waals surface area contributed by atoms with Gasteiger partial charge in [0.15, 0.2) is 5.13 Å². The fourth-order valence-corrected chi connectivity index (χ4v) is 3.47. The molecule has 4 aromatic rings. The van der Waals surface area contributed by atoms with E-state index in [9.17, 15) is 0 Å². The number of rotatable bonds is 4. The topological polar surface area (TPSA) is 64.9 Å². The molecule has 0 aliphatic carbocycles. The Balaban J connectivity index is 0.00000182. The summed E-state index contributed by atoms with van der Waals surface area (Å²) >= 11 is 1.59. The summed E-state index contributed by atoms with van der Waals surface area (Å²) in [5.41, 5.74) is 3.71. The first-order valence-electron chi connectivity index (χ1n) is 7.70. The second kappa shape index (κ2) is 6.85. The first-order valence-corrected chi connectivity index (χ1v) is 8.52. The van der Waals surface area contributed by atoms with Gasteiger partial charge in [-0.05, 0) is 26.0 Å². The van der Waals surface area contributed by atoms with Gasteiger partial charge in [-0.25, -0.2) is 9.97 Å². The average molecular weight is 376 g/mol. The lowest BCUT2D eigenvalue weighted by atomic mass is 10.3. The number of anilines is 2. The van der Waals surface area contributed by atoms with Crippen LogP contribution >= 0.6 is 23.7 Å². The summed E-state index contributed by atoms with van der Waals surface area (Å²) in [7, 11) is 1.98. The number of pyridine rings is 1. The lowest BCUT2D eigenvalue weighted by Gasteiger charge is -2.13. The van der Waals surface area contributed by atoms with Crippen molar-refractivity contribution in [3.63, 3.8) is 0 Å². The molecule has 0 saturated heterocycles. The molecule has 0 radical (unpaired) electrons. The van der Waals surface area contributed by atoms with Crippen molar-refractivity contribution in [2.24, 2.45) is 7.05 Å². The van der Waals surface area contributed by atoms with Crippen molar-refractivity contribution in [2.75, 3.05) is 5.32 Å². The van der Waals surface area contributed by atoms with Crippen molar-refractivity contribution in [3.8, 4) is 5.75 Å². The van der Waals surface area contributed by atoms with E-state index in [1.165, 1.54) is 0 Å². The molecule has 0 fully saturated rings. The molecule has 3 aromatic heterocycles. The Bertz CT molecular complexity index is 1030. The Morgan fingerprint density at radius 2 is 2.04 bits per heavy atom. The zero-order valence-corrected chi connectivity index (χ0v) is 15.7.